The van der Waals surface area contributed by atoms with Crippen molar-refractivity contribution < 1.29 is 9.59 Å². The Kier molecular flexibility index (Phi) is 14.6. The van der Waals surface area contributed by atoms with Crippen LogP contribution >= 0.6 is 0 Å². The minimum Gasteiger partial charge on any atom is -0.369 e. The summed E-state index contributed by atoms with van der Waals surface area (Å²) in [4.78, 5) is 30.9. The zero-order chi connectivity index (χ0) is 25.8. The number of nitrogens with zero attached hydrogens (tertiary/aromatic N) is 2. The average Bonchev–Trinajstić information content (AvgIpc) is 3.35. The number of pyridine rings is 1. The molecule has 1 unspecified atom stereocenters. The Morgan fingerprint density at radius 3 is 2.17 bits per heavy atom. The fraction of sp³-hybridized carbons (Fsp3) is 0.452. The summed E-state index contributed by atoms with van der Waals surface area (Å²) in [5.74, 6) is -0.506. The van der Waals surface area contributed by atoms with E-state index < -0.39 is 0 Å². The van der Waals surface area contributed by atoms with Crippen molar-refractivity contribution in [1.29, 1.82) is 0 Å². The van der Waals surface area contributed by atoms with Gasteiger partial charge in [-0.05, 0) is 76.3 Å². The summed E-state index contributed by atoms with van der Waals surface area (Å²) in [6, 6.07) is 3.62. The third-order valence-corrected chi connectivity index (χ3v) is 6.34. The second kappa shape index (κ2) is 18.1. The van der Waals surface area contributed by atoms with E-state index in [4.69, 9.17) is 5.73 Å². The fourth-order valence-electron chi connectivity index (χ4n) is 4.37. The number of rotatable bonds is 16. The van der Waals surface area contributed by atoms with Gasteiger partial charge in [0, 0.05) is 30.9 Å². The molecular formula is C31H43N3O2. The van der Waals surface area contributed by atoms with Crippen LogP contribution in [-0.4, -0.2) is 34.3 Å². The van der Waals surface area contributed by atoms with Crippen molar-refractivity contribution in [3.05, 3.63) is 90.9 Å². The van der Waals surface area contributed by atoms with Gasteiger partial charge in [0.25, 0.3) is 5.91 Å². The lowest BCUT2D eigenvalue weighted by Crippen LogP contribution is -2.38. The number of allylic oxidation sites excluding steroid dienone is 10. The Hall–Kier alpha value is -3.21. The summed E-state index contributed by atoms with van der Waals surface area (Å²) < 4.78 is 0. The van der Waals surface area contributed by atoms with Gasteiger partial charge in [-0.3, -0.25) is 14.6 Å². The Bertz CT molecular complexity index is 915. The Morgan fingerprint density at radius 1 is 1.00 bits per heavy atom. The number of likely N-dealkylation sites (tertiary alicyclic amines) is 1. The van der Waals surface area contributed by atoms with Crippen LogP contribution < -0.4 is 5.73 Å². The molecule has 0 aromatic carbocycles. The molecule has 0 radical (unpaired) electrons. The summed E-state index contributed by atoms with van der Waals surface area (Å²) in [5, 5.41) is 0. The van der Waals surface area contributed by atoms with Crippen LogP contribution in [0.15, 0.2) is 85.3 Å². The summed E-state index contributed by atoms with van der Waals surface area (Å²) >= 11 is 0. The highest BCUT2D eigenvalue weighted by atomic mass is 16.2. The second-order valence-electron chi connectivity index (χ2n) is 9.16. The molecule has 2 atom stereocenters. The summed E-state index contributed by atoms with van der Waals surface area (Å²) in [7, 11) is 0. The molecule has 0 aliphatic carbocycles. The summed E-state index contributed by atoms with van der Waals surface area (Å²) in [5.41, 5.74) is 6.31. The molecule has 1 aromatic rings. The van der Waals surface area contributed by atoms with E-state index in [0.29, 0.717) is 18.4 Å². The van der Waals surface area contributed by atoms with Crippen LogP contribution in [0.5, 0.6) is 0 Å². The first-order valence-corrected chi connectivity index (χ1v) is 13.4. The highest BCUT2D eigenvalue weighted by molar-refractivity contribution is 5.94. The van der Waals surface area contributed by atoms with Crippen molar-refractivity contribution in [2.24, 2.45) is 11.7 Å². The number of amides is 2. The van der Waals surface area contributed by atoms with Crippen LogP contribution in [0.1, 0.15) is 81.5 Å². The first-order chi connectivity index (χ1) is 17.6. The number of hydrogen-bond donors (Lipinski definition) is 1. The van der Waals surface area contributed by atoms with Gasteiger partial charge in [-0.15, -0.1) is 0 Å². The molecule has 1 aliphatic rings. The molecule has 2 amide bonds. The fourth-order valence-corrected chi connectivity index (χ4v) is 4.37. The normalized spacial score (nSPS) is 17.5. The van der Waals surface area contributed by atoms with Gasteiger partial charge in [0.05, 0.1) is 5.56 Å². The third-order valence-electron chi connectivity index (χ3n) is 6.34. The van der Waals surface area contributed by atoms with Gasteiger partial charge in [0.15, 0.2) is 0 Å². The molecule has 1 aromatic heterocycles. The van der Waals surface area contributed by atoms with Crippen molar-refractivity contribution in [2.75, 3.05) is 6.54 Å². The molecule has 2 rings (SSSR count). The van der Waals surface area contributed by atoms with Gasteiger partial charge in [-0.2, -0.15) is 0 Å². The molecular weight excluding hydrogens is 446 g/mol. The number of carbonyl (C=O) groups excluding carboxylic acids is 2. The minimum atomic E-state index is -0.275. The maximum Gasteiger partial charge on any atom is 0.255 e. The maximum atomic E-state index is 12.9. The standard InChI is InChI=1S/C31H43N3O2/c1-2-3-4-5-6-7-8-9-10-11-12-13-14-15-16-17-20-27(30(32)35)25-29-22-19-24-34(29)31(36)28-21-18-23-33-26-28/h3-4,6-7,9-10,12-13,15-16,18,21,23,26-27,29H,2,5,8,11,14,17,19-20,22,24-25H2,1H3,(H2,32,35)/t27?,29-/m0/s1. The highest BCUT2D eigenvalue weighted by Gasteiger charge is 2.32. The van der Waals surface area contributed by atoms with E-state index in [0.717, 1.165) is 57.9 Å². The SMILES string of the molecule is CCC=CCC=CCC=CCC=CCC=CCCC(C[C@@H]1CCCN1C(=O)c1cccnc1)C(N)=O. The van der Waals surface area contributed by atoms with E-state index in [1.54, 1.807) is 24.5 Å². The Balaban J connectivity index is 1.66. The second-order valence-corrected chi connectivity index (χ2v) is 9.16. The van der Waals surface area contributed by atoms with Gasteiger partial charge in [-0.25, -0.2) is 0 Å². The smallest absolute Gasteiger partial charge is 0.255 e. The molecule has 0 bridgehead atoms. The number of carbonyl (C=O) groups is 2. The molecule has 5 heteroatoms. The summed E-state index contributed by atoms with van der Waals surface area (Å²) in [6.45, 7) is 2.87. The number of nitrogens with two attached hydrogens (primary N) is 1. The lowest BCUT2D eigenvalue weighted by atomic mass is 9.93. The van der Waals surface area contributed by atoms with Crippen molar-refractivity contribution >= 4 is 11.8 Å². The molecule has 2 N–H and O–H groups in total. The topological polar surface area (TPSA) is 76.3 Å². The molecule has 1 saturated heterocycles. The maximum absolute atomic E-state index is 12.9. The molecule has 0 saturated carbocycles. The predicted molar refractivity (Wildman–Crippen MR) is 149 cm³/mol. The number of aromatic nitrogens is 1. The monoisotopic (exact) mass is 489 g/mol. The first-order valence-electron chi connectivity index (χ1n) is 13.4. The van der Waals surface area contributed by atoms with E-state index in [1.807, 2.05) is 4.90 Å². The van der Waals surface area contributed by atoms with Crippen molar-refractivity contribution in [3.63, 3.8) is 0 Å². The Labute approximate surface area is 217 Å². The zero-order valence-corrected chi connectivity index (χ0v) is 21.8. The largest absolute Gasteiger partial charge is 0.369 e. The van der Waals surface area contributed by atoms with E-state index in [9.17, 15) is 9.59 Å². The highest BCUT2D eigenvalue weighted by Crippen LogP contribution is 2.27. The van der Waals surface area contributed by atoms with Gasteiger partial charge in [0.2, 0.25) is 5.91 Å². The Morgan fingerprint density at radius 2 is 1.61 bits per heavy atom. The molecule has 2 heterocycles. The minimum absolute atomic E-state index is 0.00773. The molecule has 5 nitrogen and oxygen atoms in total. The van der Waals surface area contributed by atoms with Gasteiger partial charge in [-0.1, -0.05) is 67.7 Å². The van der Waals surface area contributed by atoms with Crippen molar-refractivity contribution in [3.8, 4) is 0 Å². The molecule has 1 aliphatic heterocycles. The van der Waals surface area contributed by atoms with E-state index in [2.05, 4.69) is 72.7 Å². The van der Waals surface area contributed by atoms with Crippen molar-refractivity contribution in [1.82, 2.24) is 9.88 Å². The van der Waals surface area contributed by atoms with Crippen LogP contribution in [0, 0.1) is 5.92 Å². The van der Waals surface area contributed by atoms with Gasteiger partial charge >= 0.3 is 0 Å². The van der Waals surface area contributed by atoms with Crippen molar-refractivity contribution in [2.45, 2.75) is 77.2 Å². The van der Waals surface area contributed by atoms with Gasteiger partial charge in [0.1, 0.15) is 0 Å². The quantitative estimate of drug-likeness (QED) is 0.262. The predicted octanol–water partition coefficient (Wildman–Crippen LogP) is 6.71. The van der Waals surface area contributed by atoms with Crippen LogP contribution in [-0.2, 0) is 4.79 Å². The van der Waals surface area contributed by atoms with Crippen LogP contribution in [0.2, 0.25) is 0 Å². The van der Waals surface area contributed by atoms with Crippen LogP contribution in [0.4, 0.5) is 0 Å². The van der Waals surface area contributed by atoms with E-state index in [-0.39, 0.29) is 23.8 Å². The van der Waals surface area contributed by atoms with Crippen LogP contribution in [0.25, 0.3) is 0 Å². The van der Waals surface area contributed by atoms with E-state index >= 15 is 0 Å². The van der Waals surface area contributed by atoms with Crippen LogP contribution in [0.3, 0.4) is 0 Å². The third kappa shape index (κ3) is 11.5. The summed E-state index contributed by atoms with van der Waals surface area (Å²) in [6.07, 6.45) is 34.0. The average molecular weight is 490 g/mol. The molecule has 0 spiro atoms. The number of primary amides is 1. The first kappa shape index (κ1) is 29.0. The lowest BCUT2D eigenvalue weighted by molar-refractivity contribution is -0.122. The molecule has 1 fully saturated rings. The lowest BCUT2D eigenvalue weighted by Gasteiger charge is -2.27. The number of hydrogen-bond acceptors (Lipinski definition) is 3. The molecule has 36 heavy (non-hydrogen) atoms. The zero-order valence-electron chi connectivity index (χ0n) is 21.8. The van der Waals surface area contributed by atoms with Gasteiger partial charge < -0.3 is 10.6 Å². The molecule has 194 valence electrons. The van der Waals surface area contributed by atoms with E-state index in [1.165, 1.54) is 0 Å².